The van der Waals surface area contributed by atoms with Crippen LogP contribution in [0.1, 0.15) is 30.0 Å². The second-order valence-corrected chi connectivity index (χ2v) is 9.86. The molecule has 2 aromatic carbocycles. The molecule has 5 nitrogen and oxygen atoms in total. The summed E-state index contributed by atoms with van der Waals surface area (Å²) in [6.45, 7) is 9.53. The SMILES string of the molecule is C=CCC1(CC=C)CN(S(=O)(=O)c2ccc(C)cc2)[C@H](c2ccccc2)C1(C#N)C#N. The van der Waals surface area contributed by atoms with Gasteiger partial charge in [-0.25, -0.2) is 8.42 Å². The predicted octanol–water partition coefficient (Wildman–Crippen LogP) is 4.91. The van der Waals surface area contributed by atoms with E-state index in [0.29, 0.717) is 18.4 Å². The van der Waals surface area contributed by atoms with Crippen molar-refractivity contribution in [3.05, 3.63) is 91.0 Å². The van der Waals surface area contributed by atoms with Crippen LogP contribution in [0.3, 0.4) is 0 Å². The van der Waals surface area contributed by atoms with Crippen LogP contribution in [0.2, 0.25) is 0 Å². The average molecular weight is 432 g/mol. The molecule has 1 fully saturated rings. The van der Waals surface area contributed by atoms with E-state index in [0.717, 1.165) is 5.56 Å². The Hall–Kier alpha value is -3.19. The van der Waals surface area contributed by atoms with E-state index in [1.165, 1.54) is 4.31 Å². The van der Waals surface area contributed by atoms with Gasteiger partial charge in [0.25, 0.3) is 0 Å². The molecular formula is C25H25N3O2S. The molecule has 1 aliphatic heterocycles. The highest BCUT2D eigenvalue weighted by Crippen LogP contribution is 2.61. The highest BCUT2D eigenvalue weighted by molar-refractivity contribution is 7.89. The zero-order chi connectivity index (χ0) is 22.7. The quantitative estimate of drug-likeness (QED) is 0.583. The molecule has 0 saturated carbocycles. The second kappa shape index (κ2) is 8.51. The van der Waals surface area contributed by atoms with Crippen LogP contribution >= 0.6 is 0 Å². The van der Waals surface area contributed by atoms with Crippen LogP contribution in [0.5, 0.6) is 0 Å². The number of hydrogen-bond donors (Lipinski definition) is 0. The minimum Gasteiger partial charge on any atom is -0.207 e. The fourth-order valence-corrected chi connectivity index (χ4v) is 6.34. The summed E-state index contributed by atoms with van der Waals surface area (Å²) in [5, 5.41) is 20.7. The molecule has 0 unspecified atom stereocenters. The molecule has 0 N–H and O–H groups in total. The molecule has 31 heavy (non-hydrogen) atoms. The maximum absolute atomic E-state index is 13.8. The molecule has 1 saturated heterocycles. The smallest absolute Gasteiger partial charge is 0.207 e. The molecule has 0 bridgehead atoms. The largest absolute Gasteiger partial charge is 0.243 e. The summed E-state index contributed by atoms with van der Waals surface area (Å²) in [5.74, 6) is 0. The number of benzene rings is 2. The monoisotopic (exact) mass is 431 g/mol. The zero-order valence-corrected chi connectivity index (χ0v) is 18.3. The van der Waals surface area contributed by atoms with E-state index in [1.807, 2.05) is 13.0 Å². The molecule has 0 radical (unpaired) electrons. The van der Waals surface area contributed by atoms with E-state index in [4.69, 9.17) is 0 Å². The Morgan fingerprint density at radius 1 is 1.03 bits per heavy atom. The lowest BCUT2D eigenvalue weighted by molar-refractivity contribution is 0.192. The van der Waals surface area contributed by atoms with Crippen molar-refractivity contribution in [2.45, 2.75) is 30.7 Å². The normalized spacial score (nSPS) is 19.8. The molecule has 1 heterocycles. The minimum atomic E-state index is -3.99. The van der Waals surface area contributed by atoms with Gasteiger partial charge in [-0.3, -0.25) is 0 Å². The summed E-state index contributed by atoms with van der Waals surface area (Å²) >= 11 is 0. The van der Waals surface area contributed by atoms with Gasteiger partial charge in [-0.2, -0.15) is 14.8 Å². The van der Waals surface area contributed by atoms with Crippen molar-refractivity contribution in [2.24, 2.45) is 10.8 Å². The molecule has 158 valence electrons. The molecule has 0 amide bonds. The number of nitrogens with zero attached hydrogens (tertiary/aromatic N) is 3. The molecule has 0 spiro atoms. The Morgan fingerprint density at radius 2 is 1.58 bits per heavy atom. The van der Waals surface area contributed by atoms with Crippen molar-refractivity contribution in [1.29, 1.82) is 10.5 Å². The third-order valence-electron chi connectivity index (χ3n) is 6.16. The molecule has 1 atom stereocenters. The van der Waals surface area contributed by atoms with Crippen molar-refractivity contribution in [2.75, 3.05) is 6.54 Å². The average Bonchev–Trinajstić information content (AvgIpc) is 3.06. The van der Waals surface area contributed by atoms with Crippen molar-refractivity contribution >= 4 is 10.0 Å². The van der Waals surface area contributed by atoms with Crippen LogP contribution in [-0.2, 0) is 10.0 Å². The van der Waals surface area contributed by atoms with Gasteiger partial charge in [0, 0.05) is 12.0 Å². The van der Waals surface area contributed by atoms with Crippen LogP contribution in [-0.4, -0.2) is 19.3 Å². The Balaban J connectivity index is 2.33. The van der Waals surface area contributed by atoms with E-state index in [2.05, 4.69) is 25.3 Å². The summed E-state index contributed by atoms with van der Waals surface area (Å²) in [5.41, 5.74) is -1.04. The standard InChI is InChI=1S/C25H25N3O2S/c1-4-15-24(16-5-2)19-28(31(29,30)22-13-11-20(3)12-14-22)23(25(24,17-26)18-27)21-9-7-6-8-10-21/h4-14,23H,1-2,15-16,19H2,3H3/t23-/m1/s1. The van der Waals surface area contributed by atoms with Gasteiger partial charge in [-0.05, 0) is 37.5 Å². The Morgan fingerprint density at radius 3 is 2.06 bits per heavy atom. The number of nitriles is 2. The van der Waals surface area contributed by atoms with Gasteiger partial charge in [0.15, 0.2) is 5.41 Å². The lowest BCUT2D eigenvalue weighted by Crippen LogP contribution is -2.40. The molecule has 3 rings (SSSR count). The van der Waals surface area contributed by atoms with Gasteiger partial charge in [-0.1, -0.05) is 60.2 Å². The maximum atomic E-state index is 13.8. The second-order valence-electron chi connectivity index (χ2n) is 7.97. The van der Waals surface area contributed by atoms with E-state index in [1.54, 1.807) is 60.7 Å². The van der Waals surface area contributed by atoms with E-state index >= 15 is 0 Å². The topological polar surface area (TPSA) is 85.0 Å². The van der Waals surface area contributed by atoms with Gasteiger partial charge >= 0.3 is 0 Å². The van der Waals surface area contributed by atoms with Crippen molar-refractivity contribution < 1.29 is 8.42 Å². The van der Waals surface area contributed by atoms with E-state index in [-0.39, 0.29) is 11.4 Å². The van der Waals surface area contributed by atoms with Crippen molar-refractivity contribution in [1.82, 2.24) is 4.31 Å². The molecule has 0 aliphatic carbocycles. The first-order chi connectivity index (χ1) is 14.8. The van der Waals surface area contributed by atoms with Crippen LogP contribution in [0.4, 0.5) is 0 Å². The van der Waals surface area contributed by atoms with Gasteiger partial charge in [0.1, 0.15) is 0 Å². The summed E-state index contributed by atoms with van der Waals surface area (Å²) in [6, 6.07) is 19.0. The Labute approximate surface area is 184 Å². The lowest BCUT2D eigenvalue weighted by Gasteiger charge is -2.37. The summed E-state index contributed by atoms with van der Waals surface area (Å²) in [7, 11) is -3.99. The highest BCUT2D eigenvalue weighted by Gasteiger charge is 2.66. The number of rotatable bonds is 7. The van der Waals surface area contributed by atoms with Gasteiger partial charge < -0.3 is 0 Å². The van der Waals surface area contributed by atoms with Crippen LogP contribution < -0.4 is 0 Å². The number of sulfonamides is 1. The maximum Gasteiger partial charge on any atom is 0.243 e. The first kappa shape index (κ1) is 22.5. The number of hydrogen-bond acceptors (Lipinski definition) is 4. The first-order valence-electron chi connectivity index (χ1n) is 9.99. The van der Waals surface area contributed by atoms with E-state index < -0.39 is 26.9 Å². The number of aryl methyl sites for hydroxylation is 1. The predicted molar refractivity (Wildman–Crippen MR) is 120 cm³/mol. The van der Waals surface area contributed by atoms with Gasteiger partial charge in [0.2, 0.25) is 10.0 Å². The summed E-state index contributed by atoms with van der Waals surface area (Å²) in [4.78, 5) is 0.136. The van der Waals surface area contributed by atoms with Crippen LogP contribution in [0.15, 0.2) is 84.8 Å². The van der Waals surface area contributed by atoms with Crippen molar-refractivity contribution in [3.8, 4) is 12.1 Å². The Bertz CT molecular complexity index is 1130. The van der Waals surface area contributed by atoms with E-state index in [9.17, 15) is 18.9 Å². The third kappa shape index (κ3) is 3.49. The fraction of sp³-hybridized carbons (Fsp3) is 0.280. The Kier molecular flexibility index (Phi) is 6.18. The summed E-state index contributed by atoms with van der Waals surface area (Å²) in [6.07, 6.45) is 3.92. The van der Waals surface area contributed by atoms with Gasteiger partial charge in [0.05, 0.1) is 23.1 Å². The molecule has 2 aromatic rings. The lowest BCUT2D eigenvalue weighted by atomic mass is 9.60. The molecule has 0 aromatic heterocycles. The van der Waals surface area contributed by atoms with Crippen LogP contribution in [0.25, 0.3) is 0 Å². The molecule has 6 heteroatoms. The molecule has 1 aliphatic rings. The first-order valence-corrected chi connectivity index (χ1v) is 11.4. The highest BCUT2D eigenvalue weighted by atomic mass is 32.2. The zero-order valence-electron chi connectivity index (χ0n) is 17.5. The van der Waals surface area contributed by atoms with Gasteiger partial charge in [-0.15, -0.1) is 13.2 Å². The van der Waals surface area contributed by atoms with Crippen molar-refractivity contribution in [3.63, 3.8) is 0 Å². The summed E-state index contributed by atoms with van der Waals surface area (Å²) < 4.78 is 28.9. The third-order valence-corrected chi connectivity index (χ3v) is 7.98. The van der Waals surface area contributed by atoms with Crippen LogP contribution in [0, 0.1) is 40.4 Å². The minimum absolute atomic E-state index is 0.0158. The molecular weight excluding hydrogens is 406 g/mol. The fourth-order valence-electron chi connectivity index (χ4n) is 4.61. The number of allylic oxidation sites excluding steroid dienone is 2.